The average Bonchev–Trinajstić information content (AvgIpc) is 2.32. The molecule has 0 spiro atoms. The quantitative estimate of drug-likeness (QED) is 0.616. The molecular weight excluding hydrogens is 260 g/mol. The Hall–Kier alpha value is 0.0400. The van der Waals surface area contributed by atoms with Crippen molar-refractivity contribution in [1.29, 1.82) is 0 Å². The topological polar surface area (TPSA) is 24.7 Å². The first kappa shape index (κ1) is 14.4. The van der Waals surface area contributed by atoms with Crippen LogP contribution in [0.5, 0.6) is 0 Å². The van der Waals surface area contributed by atoms with E-state index in [2.05, 4.69) is 40.1 Å². The molecule has 0 amide bonds. The monoisotopic (exact) mass is 284 g/mol. The summed E-state index contributed by atoms with van der Waals surface area (Å²) in [4.78, 5) is 9.67. The van der Waals surface area contributed by atoms with Crippen LogP contribution in [-0.4, -0.2) is 34.0 Å². The lowest BCUT2D eigenvalue weighted by atomic mass is 9.91. The van der Waals surface area contributed by atoms with Crippen LogP contribution in [0.1, 0.15) is 53.4 Å². The normalized spacial score (nSPS) is 34.9. The van der Waals surface area contributed by atoms with Gasteiger partial charge in [-0.25, -0.2) is 0 Å². The van der Waals surface area contributed by atoms with Gasteiger partial charge in [0.25, 0.3) is 0 Å². The first-order chi connectivity index (χ1) is 8.38. The van der Waals surface area contributed by atoms with Crippen molar-refractivity contribution in [2.24, 2.45) is 9.98 Å². The molecular formula is C14H24N2S2. The summed E-state index contributed by atoms with van der Waals surface area (Å²) in [6, 6.07) is 0.822. The van der Waals surface area contributed by atoms with E-state index < -0.39 is 0 Å². The molecule has 4 heteroatoms. The minimum absolute atomic E-state index is 0.106. The van der Waals surface area contributed by atoms with Gasteiger partial charge < -0.3 is 0 Å². The Kier molecular flexibility index (Phi) is 4.48. The van der Waals surface area contributed by atoms with Crippen molar-refractivity contribution in [3.63, 3.8) is 0 Å². The SMILES string of the molecule is CC1(C)C=NC2CCCC[C@H]2N=CC(C)(C)SS1. The molecule has 0 N–H and O–H groups in total. The van der Waals surface area contributed by atoms with Gasteiger partial charge in [0.1, 0.15) is 0 Å². The van der Waals surface area contributed by atoms with Gasteiger partial charge in [0.05, 0.1) is 21.6 Å². The number of hydrogen-bond donors (Lipinski definition) is 0. The van der Waals surface area contributed by atoms with Crippen LogP contribution in [0, 0.1) is 0 Å². The van der Waals surface area contributed by atoms with E-state index in [-0.39, 0.29) is 9.49 Å². The predicted octanol–water partition coefficient (Wildman–Crippen LogP) is 4.39. The third-order valence-electron chi connectivity index (χ3n) is 3.32. The van der Waals surface area contributed by atoms with Crippen molar-refractivity contribution < 1.29 is 0 Å². The van der Waals surface area contributed by atoms with Crippen LogP contribution in [0.2, 0.25) is 0 Å². The van der Waals surface area contributed by atoms with E-state index in [1.165, 1.54) is 25.7 Å². The second-order valence-corrected chi connectivity index (χ2v) is 9.79. The minimum atomic E-state index is 0.106. The lowest BCUT2D eigenvalue weighted by molar-refractivity contribution is 0.388. The molecule has 18 heavy (non-hydrogen) atoms. The van der Waals surface area contributed by atoms with Crippen molar-refractivity contribution >= 4 is 34.0 Å². The molecule has 0 aromatic heterocycles. The molecule has 1 aliphatic heterocycles. The summed E-state index contributed by atoms with van der Waals surface area (Å²) in [5.41, 5.74) is 0. The van der Waals surface area contributed by atoms with Crippen molar-refractivity contribution in [2.75, 3.05) is 0 Å². The molecule has 2 nitrogen and oxygen atoms in total. The van der Waals surface area contributed by atoms with Gasteiger partial charge in [-0.2, -0.15) is 0 Å². The number of rotatable bonds is 0. The van der Waals surface area contributed by atoms with E-state index in [0.717, 1.165) is 0 Å². The predicted molar refractivity (Wildman–Crippen MR) is 86.4 cm³/mol. The van der Waals surface area contributed by atoms with Gasteiger partial charge in [0.2, 0.25) is 0 Å². The van der Waals surface area contributed by atoms with Gasteiger partial charge in [0, 0.05) is 12.4 Å². The standard InChI is InChI=1S/C14H24N2S2/c1-13(2)9-15-11-7-5-6-8-12(11)16-10-14(3,4)18-17-13/h9-12H,5-8H2,1-4H3/t11-,12?/m1/s1. The van der Waals surface area contributed by atoms with Crippen LogP contribution >= 0.6 is 21.6 Å². The maximum Gasteiger partial charge on any atom is 0.0719 e. The van der Waals surface area contributed by atoms with Crippen LogP contribution < -0.4 is 0 Å². The third-order valence-corrected chi connectivity index (χ3v) is 7.30. The third kappa shape index (κ3) is 4.02. The largest absolute Gasteiger partial charge is 0.290 e. The Morgan fingerprint density at radius 1 is 0.833 bits per heavy atom. The van der Waals surface area contributed by atoms with Crippen molar-refractivity contribution in [3.05, 3.63) is 0 Å². The Balaban J connectivity index is 2.23. The Morgan fingerprint density at radius 3 is 1.61 bits per heavy atom. The molecule has 0 radical (unpaired) electrons. The lowest BCUT2D eigenvalue weighted by Gasteiger charge is -2.31. The fraction of sp³-hybridized carbons (Fsp3) is 0.857. The van der Waals surface area contributed by atoms with Crippen molar-refractivity contribution in [3.8, 4) is 0 Å². The van der Waals surface area contributed by atoms with E-state index in [1.807, 2.05) is 21.6 Å². The maximum atomic E-state index is 4.83. The van der Waals surface area contributed by atoms with Crippen molar-refractivity contribution in [1.82, 2.24) is 0 Å². The van der Waals surface area contributed by atoms with Crippen LogP contribution in [0.4, 0.5) is 0 Å². The van der Waals surface area contributed by atoms with Gasteiger partial charge in [0.15, 0.2) is 0 Å². The molecule has 1 unspecified atom stereocenters. The smallest absolute Gasteiger partial charge is 0.0719 e. The van der Waals surface area contributed by atoms with E-state index in [4.69, 9.17) is 9.98 Å². The molecule has 0 saturated heterocycles. The second kappa shape index (κ2) is 5.58. The Labute approximate surface area is 119 Å². The second-order valence-electron chi connectivity index (χ2n) is 6.35. The molecule has 0 aromatic carbocycles. The van der Waals surface area contributed by atoms with Crippen LogP contribution in [0.3, 0.4) is 0 Å². The molecule has 2 atom stereocenters. The number of fused-ring (bicyclic) bond motifs is 1. The summed E-state index contributed by atoms with van der Waals surface area (Å²) < 4.78 is 0.213. The molecule has 1 saturated carbocycles. The number of nitrogens with zero attached hydrogens (tertiary/aromatic N) is 2. The summed E-state index contributed by atoms with van der Waals surface area (Å²) in [6.07, 6.45) is 9.33. The lowest BCUT2D eigenvalue weighted by Crippen LogP contribution is -2.31. The highest BCUT2D eigenvalue weighted by Crippen LogP contribution is 2.43. The first-order valence-electron chi connectivity index (χ1n) is 6.83. The van der Waals surface area contributed by atoms with Gasteiger partial charge in [-0.1, -0.05) is 34.4 Å². The number of aliphatic imine (C=N–C) groups is 2. The zero-order valence-electron chi connectivity index (χ0n) is 11.8. The Bertz CT molecular complexity index is 314. The van der Waals surface area contributed by atoms with Gasteiger partial charge >= 0.3 is 0 Å². The number of hydrogen-bond acceptors (Lipinski definition) is 4. The average molecular weight is 284 g/mol. The summed E-state index contributed by atoms with van der Waals surface area (Å²) >= 11 is 0. The molecule has 1 aliphatic carbocycles. The van der Waals surface area contributed by atoms with E-state index in [9.17, 15) is 0 Å². The Morgan fingerprint density at radius 2 is 1.22 bits per heavy atom. The summed E-state index contributed by atoms with van der Waals surface area (Å²) in [7, 11) is 3.80. The summed E-state index contributed by atoms with van der Waals surface area (Å²) in [5.74, 6) is 0. The van der Waals surface area contributed by atoms with Gasteiger partial charge in [-0.15, -0.1) is 0 Å². The highest BCUT2D eigenvalue weighted by Gasteiger charge is 2.29. The minimum Gasteiger partial charge on any atom is -0.290 e. The summed E-state index contributed by atoms with van der Waals surface area (Å²) in [5, 5.41) is 0. The highest BCUT2D eigenvalue weighted by atomic mass is 33.1. The zero-order valence-corrected chi connectivity index (χ0v) is 13.5. The fourth-order valence-electron chi connectivity index (χ4n) is 2.25. The molecule has 102 valence electrons. The molecule has 0 aromatic rings. The fourth-order valence-corrected chi connectivity index (χ4v) is 4.43. The van der Waals surface area contributed by atoms with Crippen molar-refractivity contribution in [2.45, 2.75) is 75.0 Å². The van der Waals surface area contributed by atoms with Gasteiger partial charge in [-0.3, -0.25) is 9.98 Å². The van der Waals surface area contributed by atoms with E-state index >= 15 is 0 Å². The highest BCUT2D eigenvalue weighted by molar-refractivity contribution is 8.78. The first-order valence-corrected chi connectivity index (χ1v) is 8.98. The summed E-state index contributed by atoms with van der Waals surface area (Å²) in [6.45, 7) is 9.00. The van der Waals surface area contributed by atoms with Crippen LogP contribution in [-0.2, 0) is 0 Å². The molecule has 2 aliphatic rings. The van der Waals surface area contributed by atoms with Gasteiger partial charge in [-0.05, 0) is 40.5 Å². The molecule has 0 bridgehead atoms. The van der Waals surface area contributed by atoms with Crippen LogP contribution in [0.15, 0.2) is 9.98 Å². The van der Waals surface area contributed by atoms with E-state index in [0.29, 0.717) is 12.1 Å². The van der Waals surface area contributed by atoms with E-state index in [1.54, 1.807) is 0 Å². The molecule has 2 rings (SSSR count). The maximum absolute atomic E-state index is 4.83. The molecule has 1 fully saturated rings. The van der Waals surface area contributed by atoms with Crippen LogP contribution in [0.25, 0.3) is 0 Å². The zero-order chi connectivity index (χ0) is 13.2. The molecule has 1 heterocycles.